The van der Waals surface area contributed by atoms with Crippen molar-refractivity contribution in [2.45, 2.75) is 45.1 Å². The van der Waals surface area contributed by atoms with Gasteiger partial charge in [-0.05, 0) is 49.5 Å². The average molecular weight is 551 g/mol. The minimum atomic E-state index is 0. The molecule has 1 aromatic heterocycles. The van der Waals surface area contributed by atoms with E-state index in [1.807, 2.05) is 30.1 Å². The van der Waals surface area contributed by atoms with Gasteiger partial charge in [0, 0.05) is 55.0 Å². The summed E-state index contributed by atoms with van der Waals surface area (Å²) < 4.78 is 0. The summed E-state index contributed by atoms with van der Waals surface area (Å²) in [7, 11) is 1.84. The van der Waals surface area contributed by atoms with Crippen molar-refractivity contribution in [1.82, 2.24) is 15.5 Å². The summed E-state index contributed by atoms with van der Waals surface area (Å²) in [4.78, 5) is 20.6. The number of hydrogen-bond donors (Lipinski definition) is 2. The second kappa shape index (κ2) is 13.0. The van der Waals surface area contributed by atoms with Gasteiger partial charge in [-0.3, -0.25) is 9.79 Å². The quantitative estimate of drug-likeness (QED) is 0.321. The molecule has 1 amide bonds. The molecule has 0 bridgehead atoms. The van der Waals surface area contributed by atoms with Crippen molar-refractivity contribution in [2.75, 3.05) is 38.2 Å². The lowest BCUT2D eigenvalue weighted by atomic mass is 9.85. The molecule has 164 valence electrons. The number of carbonyl (C=O) groups excluding carboxylic acids is 1. The fourth-order valence-electron chi connectivity index (χ4n) is 4.03. The number of halogens is 1. The topological polar surface area (TPSA) is 56.7 Å². The Morgan fingerprint density at radius 3 is 2.62 bits per heavy atom. The first-order valence-corrected chi connectivity index (χ1v) is 12.5. The standard InChI is InChI=1S/C21H34N4OS2.HI/c1-16(14-19-4-3-11-28-19)15-23-21(22-2)24-18-7-5-17(6-8-18)20(26)25-9-12-27-13-10-25;/h3-4,11,16-18H,5-10,12-15H2,1-2H3,(H2,22,23,24);1H. The average Bonchev–Trinajstić information content (AvgIpc) is 3.24. The molecule has 3 rings (SSSR count). The SMILES string of the molecule is CN=C(NCC(C)Cc1cccs1)NC1CCC(C(=O)N2CCSCC2)CC1.I. The zero-order chi connectivity index (χ0) is 19.8. The molecule has 2 heterocycles. The van der Waals surface area contributed by atoms with E-state index < -0.39 is 0 Å². The molecule has 1 aliphatic heterocycles. The lowest BCUT2D eigenvalue weighted by Gasteiger charge is -2.34. The number of thiophene rings is 1. The van der Waals surface area contributed by atoms with Gasteiger partial charge < -0.3 is 15.5 Å². The minimum Gasteiger partial charge on any atom is -0.356 e. The normalized spacial score (nSPS) is 23.8. The molecular weight excluding hydrogens is 515 g/mol. The summed E-state index contributed by atoms with van der Waals surface area (Å²) in [5, 5.41) is 9.19. The maximum absolute atomic E-state index is 12.7. The third-order valence-corrected chi connectivity index (χ3v) is 7.55. The van der Waals surface area contributed by atoms with Gasteiger partial charge in [0.2, 0.25) is 5.91 Å². The first-order valence-electron chi connectivity index (χ1n) is 10.5. The maximum atomic E-state index is 12.7. The monoisotopic (exact) mass is 550 g/mol. The number of aliphatic imine (C=N–C) groups is 1. The van der Waals surface area contributed by atoms with Gasteiger partial charge in [0.05, 0.1) is 0 Å². The Bertz CT molecular complexity index is 627. The molecule has 1 saturated heterocycles. The molecule has 0 radical (unpaired) electrons. The molecule has 2 aliphatic rings. The third-order valence-electron chi connectivity index (χ3n) is 5.71. The summed E-state index contributed by atoms with van der Waals surface area (Å²) >= 11 is 3.78. The second-order valence-corrected chi connectivity index (χ2v) is 10.2. The van der Waals surface area contributed by atoms with Crippen LogP contribution in [0.2, 0.25) is 0 Å². The van der Waals surface area contributed by atoms with E-state index in [0.717, 1.165) is 69.2 Å². The highest BCUT2D eigenvalue weighted by Gasteiger charge is 2.30. The van der Waals surface area contributed by atoms with Crippen LogP contribution in [0, 0.1) is 11.8 Å². The molecule has 5 nitrogen and oxygen atoms in total. The first kappa shape index (κ1) is 24.8. The molecule has 8 heteroatoms. The van der Waals surface area contributed by atoms with Crippen molar-refractivity contribution in [3.05, 3.63) is 22.4 Å². The van der Waals surface area contributed by atoms with Gasteiger partial charge in [-0.15, -0.1) is 35.3 Å². The predicted molar refractivity (Wildman–Crippen MR) is 137 cm³/mol. The van der Waals surface area contributed by atoms with Crippen molar-refractivity contribution in [3.63, 3.8) is 0 Å². The summed E-state index contributed by atoms with van der Waals surface area (Å²) in [6, 6.07) is 4.74. The Morgan fingerprint density at radius 1 is 1.28 bits per heavy atom. The zero-order valence-corrected chi connectivity index (χ0v) is 21.5. The van der Waals surface area contributed by atoms with Crippen molar-refractivity contribution >= 4 is 58.9 Å². The number of nitrogens with zero attached hydrogens (tertiary/aromatic N) is 2. The van der Waals surface area contributed by atoms with E-state index in [-0.39, 0.29) is 29.9 Å². The van der Waals surface area contributed by atoms with Crippen molar-refractivity contribution in [1.29, 1.82) is 0 Å². The predicted octanol–water partition coefficient (Wildman–Crippen LogP) is 3.84. The molecule has 1 aliphatic carbocycles. The van der Waals surface area contributed by atoms with Crippen molar-refractivity contribution in [3.8, 4) is 0 Å². The number of hydrogen-bond acceptors (Lipinski definition) is 4. The molecule has 29 heavy (non-hydrogen) atoms. The highest BCUT2D eigenvalue weighted by atomic mass is 127. The molecule has 0 spiro atoms. The van der Waals surface area contributed by atoms with Crippen LogP contribution in [0.4, 0.5) is 0 Å². The number of nitrogens with one attached hydrogen (secondary N) is 2. The summed E-state index contributed by atoms with van der Waals surface area (Å²) in [6.45, 7) is 5.05. The van der Waals surface area contributed by atoms with E-state index >= 15 is 0 Å². The Hall–Kier alpha value is -0.480. The van der Waals surface area contributed by atoms with Gasteiger partial charge in [0.15, 0.2) is 5.96 Å². The van der Waals surface area contributed by atoms with Crippen LogP contribution in [-0.2, 0) is 11.2 Å². The lowest BCUT2D eigenvalue weighted by molar-refractivity contribution is -0.136. The Balaban J connectivity index is 0.00000300. The third kappa shape index (κ3) is 7.94. The Kier molecular flexibility index (Phi) is 11.1. The van der Waals surface area contributed by atoms with Crippen LogP contribution in [0.3, 0.4) is 0 Å². The van der Waals surface area contributed by atoms with E-state index in [0.29, 0.717) is 17.9 Å². The second-order valence-electron chi connectivity index (χ2n) is 7.97. The van der Waals surface area contributed by atoms with Gasteiger partial charge in [0.25, 0.3) is 0 Å². The smallest absolute Gasteiger partial charge is 0.225 e. The molecule has 2 N–H and O–H groups in total. The van der Waals surface area contributed by atoms with Crippen LogP contribution in [0.5, 0.6) is 0 Å². The van der Waals surface area contributed by atoms with E-state index in [2.05, 4.69) is 45.0 Å². The molecule has 0 aromatic carbocycles. The van der Waals surface area contributed by atoms with Crippen LogP contribution in [0.25, 0.3) is 0 Å². The number of guanidine groups is 1. The van der Waals surface area contributed by atoms with E-state index in [9.17, 15) is 4.79 Å². The molecule has 1 unspecified atom stereocenters. The van der Waals surface area contributed by atoms with Crippen LogP contribution < -0.4 is 10.6 Å². The molecule has 2 fully saturated rings. The van der Waals surface area contributed by atoms with Gasteiger partial charge in [-0.1, -0.05) is 13.0 Å². The van der Waals surface area contributed by atoms with E-state index in [1.165, 1.54) is 4.88 Å². The fraction of sp³-hybridized carbons (Fsp3) is 0.714. The Labute approximate surface area is 200 Å². The molecular formula is C21H35IN4OS2. The summed E-state index contributed by atoms with van der Waals surface area (Å²) in [5.41, 5.74) is 0. The zero-order valence-electron chi connectivity index (χ0n) is 17.6. The number of thioether (sulfide) groups is 1. The van der Waals surface area contributed by atoms with Crippen molar-refractivity contribution in [2.24, 2.45) is 16.8 Å². The van der Waals surface area contributed by atoms with Gasteiger partial charge in [0.1, 0.15) is 0 Å². The van der Waals surface area contributed by atoms with Crippen LogP contribution in [0.1, 0.15) is 37.5 Å². The maximum Gasteiger partial charge on any atom is 0.225 e. The molecule has 1 aromatic rings. The summed E-state index contributed by atoms with van der Waals surface area (Å²) in [6.07, 6.45) is 5.18. The first-order chi connectivity index (χ1) is 13.7. The van der Waals surface area contributed by atoms with Crippen LogP contribution in [-0.4, -0.2) is 61.0 Å². The van der Waals surface area contributed by atoms with Crippen LogP contribution in [0.15, 0.2) is 22.5 Å². The number of amides is 1. The van der Waals surface area contributed by atoms with Crippen LogP contribution >= 0.6 is 47.1 Å². The molecule has 1 atom stereocenters. The largest absolute Gasteiger partial charge is 0.356 e. The minimum absolute atomic E-state index is 0. The molecule has 1 saturated carbocycles. The van der Waals surface area contributed by atoms with Crippen molar-refractivity contribution < 1.29 is 4.79 Å². The van der Waals surface area contributed by atoms with E-state index in [4.69, 9.17) is 0 Å². The highest BCUT2D eigenvalue weighted by Crippen LogP contribution is 2.27. The highest BCUT2D eigenvalue weighted by molar-refractivity contribution is 14.0. The number of carbonyl (C=O) groups is 1. The van der Waals surface area contributed by atoms with Gasteiger partial charge in [-0.2, -0.15) is 11.8 Å². The fourth-order valence-corrected chi connectivity index (χ4v) is 5.80. The van der Waals surface area contributed by atoms with Gasteiger partial charge >= 0.3 is 0 Å². The Morgan fingerprint density at radius 2 is 2.00 bits per heavy atom. The summed E-state index contributed by atoms with van der Waals surface area (Å²) in [5.74, 6) is 4.25. The van der Waals surface area contributed by atoms with Gasteiger partial charge in [-0.25, -0.2) is 0 Å². The van der Waals surface area contributed by atoms with E-state index in [1.54, 1.807) is 0 Å². The number of rotatable bonds is 6. The lowest BCUT2D eigenvalue weighted by Crippen LogP contribution is -2.48.